The number of fused-ring (bicyclic) bond motifs is 1. The summed E-state index contributed by atoms with van der Waals surface area (Å²) in [4.78, 5) is 0. The minimum absolute atomic E-state index is 0.247. The molecule has 0 atom stereocenters. The van der Waals surface area contributed by atoms with Crippen LogP contribution in [-0.2, 0) is 5.92 Å². The largest absolute Gasteiger partial charge is 0.339 e. The molecule has 31 heavy (non-hydrogen) atoms. The van der Waals surface area contributed by atoms with Crippen molar-refractivity contribution in [2.75, 3.05) is 0 Å². The van der Waals surface area contributed by atoms with Gasteiger partial charge >= 0.3 is 11.8 Å². The Labute approximate surface area is 184 Å². The molecular formula is C27H36F4. The van der Waals surface area contributed by atoms with Gasteiger partial charge in [0.1, 0.15) is 0 Å². The fourth-order valence-electron chi connectivity index (χ4n) is 6.29. The lowest BCUT2D eigenvalue weighted by atomic mass is 9.67. The Morgan fingerprint density at radius 3 is 2.13 bits per heavy atom. The quantitative estimate of drug-likeness (QED) is 0.308. The molecule has 4 heteroatoms. The second-order valence-electron chi connectivity index (χ2n) is 10.3. The molecule has 172 valence electrons. The Kier molecular flexibility index (Phi) is 6.84. The van der Waals surface area contributed by atoms with Crippen molar-refractivity contribution < 1.29 is 17.6 Å². The van der Waals surface area contributed by atoms with Crippen LogP contribution >= 0.6 is 0 Å². The molecule has 1 aromatic rings. The summed E-state index contributed by atoms with van der Waals surface area (Å²) in [6.07, 6.45) is 17.1. The van der Waals surface area contributed by atoms with Crippen LogP contribution in [0, 0.1) is 17.8 Å². The summed E-state index contributed by atoms with van der Waals surface area (Å²) < 4.78 is 55.4. The van der Waals surface area contributed by atoms with Crippen LogP contribution in [0.2, 0.25) is 0 Å². The molecule has 4 rings (SSSR count). The van der Waals surface area contributed by atoms with E-state index in [4.69, 9.17) is 0 Å². The number of halogens is 4. The van der Waals surface area contributed by atoms with Gasteiger partial charge in [-0.1, -0.05) is 69.7 Å². The highest BCUT2D eigenvalue weighted by molar-refractivity contribution is 5.61. The van der Waals surface area contributed by atoms with E-state index < -0.39 is 17.4 Å². The lowest BCUT2D eigenvalue weighted by Crippen LogP contribution is -2.38. The van der Waals surface area contributed by atoms with Crippen LogP contribution in [0.4, 0.5) is 17.6 Å². The number of unbranched alkanes of at least 4 members (excludes halogenated alkanes) is 2. The molecule has 3 aliphatic rings. The highest BCUT2D eigenvalue weighted by atomic mass is 19.3. The Hall–Kier alpha value is -1.32. The van der Waals surface area contributed by atoms with Gasteiger partial charge in [0.2, 0.25) is 0 Å². The summed E-state index contributed by atoms with van der Waals surface area (Å²) in [5, 5.41) is 0. The standard InChI is InChI=1S/C27H36F4/c1-2-3-4-5-19-6-8-20(9-7-19)21-10-12-22(13-11-21)23-14-15-25-24(18-23)16-17-26(28,29)27(25,30)31/h14-22H,2-13H2,1H3. The zero-order valence-electron chi connectivity index (χ0n) is 18.7. The molecule has 1 aromatic carbocycles. The van der Waals surface area contributed by atoms with Crippen LogP contribution in [0.1, 0.15) is 107 Å². The summed E-state index contributed by atoms with van der Waals surface area (Å²) in [7, 11) is 0. The maximum atomic E-state index is 14.1. The fraction of sp³-hybridized carbons (Fsp3) is 0.704. The Balaban J connectivity index is 1.31. The first-order chi connectivity index (χ1) is 14.8. The lowest BCUT2D eigenvalue weighted by Gasteiger charge is -2.38. The van der Waals surface area contributed by atoms with E-state index in [1.54, 1.807) is 12.1 Å². The van der Waals surface area contributed by atoms with Crippen molar-refractivity contribution in [3.05, 3.63) is 41.0 Å². The molecule has 0 amide bonds. The first-order valence-corrected chi connectivity index (χ1v) is 12.4. The predicted molar refractivity (Wildman–Crippen MR) is 119 cm³/mol. The van der Waals surface area contributed by atoms with Gasteiger partial charge in [-0.15, -0.1) is 0 Å². The summed E-state index contributed by atoms with van der Waals surface area (Å²) >= 11 is 0. The molecule has 0 N–H and O–H groups in total. The van der Waals surface area contributed by atoms with E-state index in [2.05, 4.69) is 6.92 Å². The van der Waals surface area contributed by atoms with Gasteiger partial charge in [0.05, 0.1) is 0 Å². The minimum Gasteiger partial charge on any atom is -0.195 e. The molecule has 0 aliphatic heterocycles. The molecule has 0 aromatic heterocycles. The van der Waals surface area contributed by atoms with Crippen molar-refractivity contribution in [1.82, 2.24) is 0 Å². The maximum absolute atomic E-state index is 14.1. The third-order valence-corrected chi connectivity index (χ3v) is 8.32. The van der Waals surface area contributed by atoms with E-state index in [9.17, 15) is 17.6 Å². The molecule has 0 saturated heterocycles. The number of hydrogen-bond donors (Lipinski definition) is 0. The van der Waals surface area contributed by atoms with Crippen LogP contribution in [0.25, 0.3) is 6.08 Å². The molecule has 2 saturated carbocycles. The first-order valence-electron chi connectivity index (χ1n) is 12.4. The van der Waals surface area contributed by atoms with Gasteiger partial charge in [-0.2, -0.15) is 17.6 Å². The van der Waals surface area contributed by atoms with E-state index in [1.807, 2.05) is 0 Å². The Morgan fingerprint density at radius 2 is 1.48 bits per heavy atom. The van der Waals surface area contributed by atoms with Crippen LogP contribution in [-0.4, -0.2) is 5.92 Å². The van der Waals surface area contributed by atoms with Crippen molar-refractivity contribution in [1.29, 1.82) is 0 Å². The van der Waals surface area contributed by atoms with Gasteiger partial charge < -0.3 is 0 Å². The van der Waals surface area contributed by atoms with Crippen molar-refractivity contribution in [2.24, 2.45) is 17.8 Å². The van der Waals surface area contributed by atoms with Crippen molar-refractivity contribution >= 4 is 6.08 Å². The van der Waals surface area contributed by atoms with Gasteiger partial charge in [0.25, 0.3) is 0 Å². The van der Waals surface area contributed by atoms with Crippen molar-refractivity contribution in [2.45, 2.75) is 102 Å². The number of rotatable bonds is 6. The summed E-state index contributed by atoms with van der Waals surface area (Å²) in [5.74, 6) is -5.30. The van der Waals surface area contributed by atoms with Crippen molar-refractivity contribution in [3.8, 4) is 0 Å². The average Bonchev–Trinajstić information content (AvgIpc) is 2.77. The number of benzene rings is 1. The molecule has 3 aliphatic carbocycles. The molecule has 2 fully saturated rings. The van der Waals surface area contributed by atoms with Crippen LogP contribution < -0.4 is 0 Å². The van der Waals surface area contributed by atoms with E-state index in [1.165, 1.54) is 76.4 Å². The molecule has 0 heterocycles. The monoisotopic (exact) mass is 436 g/mol. The summed E-state index contributed by atoms with van der Waals surface area (Å²) in [6, 6.07) is 4.62. The van der Waals surface area contributed by atoms with Crippen LogP contribution in [0.15, 0.2) is 24.3 Å². The minimum atomic E-state index is -4.14. The SMILES string of the molecule is CCCCCC1CCC(C2CCC(c3ccc4c(c3)C=CC(F)(F)C4(F)F)CC2)CC1. The van der Waals surface area contributed by atoms with E-state index >= 15 is 0 Å². The van der Waals surface area contributed by atoms with Crippen LogP contribution in [0.5, 0.6) is 0 Å². The fourth-order valence-corrected chi connectivity index (χ4v) is 6.29. The van der Waals surface area contributed by atoms with E-state index in [0.29, 0.717) is 12.0 Å². The lowest BCUT2D eigenvalue weighted by molar-refractivity contribution is -0.187. The molecule has 0 spiro atoms. The average molecular weight is 437 g/mol. The van der Waals surface area contributed by atoms with Gasteiger partial charge in [-0.3, -0.25) is 0 Å². The summed E-state index contributed by atoms with van der Waals surface area (Å²) in [6.45, 7) is 2.27. The Bertz CT molecular complexity index is 765. The zero-order valence-corrected chi connectivity index (χ0v) is 18.7. The first kappa shape index (κ1) is 22.9. The molecular weight excluding hydrogens is 400 g/mol. The smallest absolute Gasteiger partial charge is 0.195 e. The topological polar surface area (TPSA) is 0 Å². The summed E-state index contributed by atoms with van der Waals surface area (Å²) in [5.41, 5.74) is 0.729. The molecule has 0 unspecified atom stereocenters. The number of hydrogen-bond acceptors (Lipinski definition) is 0. The van der Waals surface area contributed by atoms with Gasteiger partial charge in [-0.25, -0.2) is 0 Å². The van der Waals surface area contributed by atoms with E-state index in [0.717, 1.165) is 36.2 Å². The van der Waals surface area contributed by atoms with Gasteiger partial charge in [-0.05, 0) is 79.4 Å². The number of allylic oxidation sites excluding steroid dienone is 1. The predicted octanol–water partition coefficient (Wildman–Crippen LogP) is 9.10. The highest BCUT2D eigenvalue weighted by Crippen LogP contribution is 2.50. The van der Waals surface area contributed by atoms with Gasteiger partial charge in [0.15, 0.2) is 0 Å². The van der Waals surface area contributed by atoms with E-state index in [-0.39, 0.29) is 5.56 Å². The molecule has 0 nitrogen and oxygen atoms in total. The van der Waals surface area contributed by atoms with Gasteiger partial charge in [0, 0.05) is 5.56 Å². The Morgan fingerprint density at radius 1 is 0.839 bits per heavy atom. The second kappa shape index (κ2) is 9.27. The molecule has 0 bridgehead atoms. The molecule has 0 radical (unpaired) electrons. The zero-order chi connectivity index (χ0) is 22.1. The second-order valence-corrected chi connectivity index (χ2v) is 10.3. The third kappa shape index (κ3) is 4.73. The van der Waals surface area contributed by atoms with Crippen molar-refractivity contribution in [3.63, 3.8) is 0 Å². The number of alkyl halides is 4. The normalized spacial score (nSPS) is 31.9. The maximum Gasteiger partial charge on any atom is 0.339 e. The highest BCUT2D eigenvalue weighted by Gasteiger charge is 2.58. The van der Waals surface area contributed by atoms with Crippen LogP contribution in [0.3, 0.4) is 0 Å². The third-order valence-electron chi connectivity index (χ3n) is 8.32.